The van der Waals surface area contributed by atoms with Gasteiger partial charge in [0, 0.05) is 7.05 Å². The second kappa shape index (κ2) is 7.26. The van der Waals surface area contributed by atoms with Gasteiger partial charge < -0.3 is 10.1 Å². The van der Waals surface area contributed by atoms with Crippen molar-refractivity contribution in [2.24, 2.45) is 7.05 Å². The zero-order valence-corrected chi connectivity index (χ0v) is 16.0. The van der Waals surface area contributed by atoms with Crippen LogP contribution in [0.4, 0.5) is 5.82 Å². The van der Waals surface area contributed by atoms with E-state index < -0.39 is 29.7 Å². The lowest BCUT2D eigenvalue weighted by Gasteiger charge is -2.22. The van der Waals surface area contributed by atoms with Crippen LogP contribution in [0.15, 0.2) is 24.3 Å². The number of amides is 3. The number of ether oxygens (including phenoxy) is 1. The van der Waals surface area contributed by atoms with Gasteiger partial charge in [0.15, 0.2) is 0 Å². The average molecular weight is 384 g/mol. The first-order valence-corrected chi connectivity index (χ1v) is 8.76. The molecule has 1 unspecified atom stereocenters. The number of aryl methyl sites for hydroxylation is 2. The van der Waals surface area contributed by atoms with Gasteiger partial charge in [-0.2, -0.15) is 5.10 Å². The minimum absolute atomic E-state index is 0.132. The molecule has 3 amide bonds. The second-order valence-corrected chi connectivity index (χ2v) is 6.34. The van der Waals surface area contributed by atoms with E-state index in [4.69, 9.17) is 4.74 Å². The van der Waals surface area contributed by atoms with Crippen LogP contribution in [0.25, 0.3) is 0 Å². The summed E-state index contributed by atoms with van der Waals surface area (Å²) in [4.78, 5) is 51.1. The highest BCUT2D eigenvalue weighted by Crippen LogP contribution is 2.26. The Balaban J connectivity index is 1.86. The Bertz CT molecular complexity index is 959. The summed E-state index contributed by atoms with van der Waals surface area (Å²) in [5.74, 6) is -2.16. The van der Waals surface area contributed by atoms with E-state index in [0.29, 0.717) is 5.69 Å². The Morgan fingerprint density at radius 1 is 1.18 bits per heavy atom. The average Bonchev–Trinajstić information content (AvgIpc) is 3.08. The van der Waals surface area contributed by atoms with E-state index in [0.717, 1.165) is 4.90 Å². The van der Waals surface area contributed by atoms with Crippen LogP contribution in [-0.2, 0) is 16.6 Å². The van der Waals surface area contributed by atoms with E-state index in [1.807, 2.05) is 0 Å². The van der Waals surface area contributed by atoms with Crippen molar-refractivity contribution in [3.63, 3.8) is 0 Å². The quantitative estimate of drug-likeness (QED) is 0.618. The molecule has 1 aliphatic rings. The Morgan fingerprint density at radius 3 is 2.29 bits per heavy atom. The summed E-state index contributed by atoms with van der Waals surface area (Å²) < 4.78 is 6.36. The highest BCUT2D eigenvalue weighted by atomic mass is 16.5. The van der Waals surface area contributed by atoms with Crippen LogP contribution in [-0.4, -0.2) is 51.0 Å². The number of benzene rings is 1. The summed E-state index contributed by atoms with van der Waals surface area (Å²) in [6.45, 7) is 4.91. The van der Waals surface area contributed by atoms with Gasteiger partial charge in [0.25, 0.3) is 11.8 Å². The van der Waals surface area contributed by atoms with E-state index >= 15 is 0 Å². The predicted octanol–water partition coefficient (Wildman–Crippen LogP) is 1.53. The Labute approximate surface area is 161 Å². The van der Waals surface area contributed by atoms with Gasteiger partial charge in [-0.05, 0) is 32.9 Å². The van der Waals surface area contributed by atoms with Crippen LogP contribution < -0.4 is 5.32 Å². The molecule has 28 heavy (non-hydrogen) atoms. The van der Waals surface area contributed by atoms with Crippen molar-refractivity contribution >= 4 is 29.5 Å². The minimum atomic E-state index is -1.09. The lowest BCUT2D eigenvalue weighted by Crippen LogP contribution is -2.45. The first-order valence-electron chi connectivity index (χ1n) is 8.76. The van der Waals surface area contributed by atoms with E-state index in [1.54, 1.807) is 45.2 Å². The van der Waals surface area contributed by atoms with Gasteiger partial charge in [-0.3, -0.25) is 24.0 Å². The van der Waals surface area contributed by atoms with Gasteiger partial charge in [0.05, 0.1) is 23.4 Å². The van der Waals surface area contributed by atoms with E-state index in [9.17, 15) is 19.2 Å². The fourth-order valence-electron chi connectivity index (χ4n) is 3.15. The summed E-state index contributed by atoms with van der Waals surface area (Å²) in [7, 11) is 1.57. The third kappa shape index (κ3) is 3.04. The summed E-state index contributed by atoms with van der Waals surface area (Å²) in [5, 5.41) is 6.74. The first kappa shape index (κ1) is 19.3. The number of carbonyl (C=O) groups excluding carboxylic acids is 4. The number of carbonyl (C=O) groups is 4. The van der Waals surface area contributed by atoms with Crippen LogP contribution in [0.1, 0.15) is 50.6 Å². The number of fused-ring (bicyclic) bond motifs is 1. The largest absolute Gasteiger partial charge is 0.462 e. The van der Waals surface area contributed by atoms with Gasteiger partial charge in [0.2, 0.25) is 5.91 Å². The summed E-state index contributed by atoms with van der Waals surface area (Å²) in [5.41, 5.74) is 1.04. The number of rotatable bonds is 5. The lowest BCUT2D eigenvalue weighted by molar-refractivity contribution is -0.119. The summed E-state index contributed by atoms with van der Waals surface area (Å²) in [6.07, 6.45) is 0. The third-order valence-corrected chi connectivity index (χ3v) is 4.54. The van der Waals surface area contributed by atoms with Gasteiger partial charge in [-0.25, -0.2) is 4.79 Å². The minimum Gasteiger partial charge on any atom is -0.462 e. The van der Waals surface area contributed by atoms with Crippen molar-refractivity contribution in [2.45, 2.75) is 26.8 Å². The molecule has 2 aromatic rings. The van der Waals surface area contributed by atoms with E-state index in [2.05, 4.69) is 10.4 Å². The molecule has 1 atom stereocenters. The molecule has 9 nitrogen and oxygen atoms in total. The maximum Gasteiger partial charge on any atom is 0.343 e. The number of nitrogens with zero attached hydrogens (tertiary/aromatic N) is 3. The molecular weight excluding hydrogens is 364 g/mol. The smallest absolute Gasteiger partial charge is 0.343 e. The molecule has 1 aromatic carbocycles. The van der Waals surface area contributed by atoms with Gasteiger partial charge >= 0.3 is 5.97 Å². The van der Waals surface area contributed by atoms with E-state index in [-0.39, 0.29) is 29.1 Å². The number of hydrogen-bond acceptors (Lipinski definition) is 6. The van der Waals surface area contributed by atoms with Crippen molar-refractivity contribution in [3.8, 4) is 0 Å². The number of anilines is 1. The maximum absolute atomic E-state index is 12.8. The molecule has 0 saturated heterocycles. The van der Waals surface area contributed by atoms with Crippen molar-refractivity contribution < 1.29 is 23.9 Å². The fourth-order valence-corrected chi connectivity index (χ4v) is 3.15. The van der Waals surface area contributed by atoms with Gasteiger partial charge in [0.1, 0.15) is 17.4 Å². The van der Waals surface area contributed by atoms with E-state index in [1.165, 1.54) is 11.6 Å². The molecule has 0 radical (unpaired) electrons. The Hall–Kier alpha value is -3.49. The van der Waals surface area contributed by atoms with Gasteiger partial charge in [-0.15, -0.1) is 0 Å². The molecule has 0 fully saturated rings. The third-order valence-electron chi connectivity index (χ3n) is 4.54. The molecule has 1 N–H and O–H groups in total. The summed E-state index contributed by atoms with van der Waals surface area (Å²) in [6, 6.07) is 5.31. The number of nitrogens with one attached hydrogen (secondary N) is 1. The Morgan fingerprint density at radius 2 is 1.75 bits per heavy atom. The predicted molar refractivity (Wildman–Crippen MR) is 98.9 cm³/mol. The highest BCUT2D eigenvalue weighted by molar-refractivity contribution is 6.23. The fraction of sp³-hybridized carbons (Fsp3) is 0.316. The lowest BCUT2D eigenvalue weighted by atomic mass is 10.1. The van der Waals surface area contributed by atoms with Crippen LogP contribution in [0.3, 0.4) is 0 Å². The number of hydrogen-bond donors (Lipinski definition) is 1. The van der Waals surface area contributed by atoms with Crippen molar-refractivity contribution in [2.75, 3.05) is 11.9 Å². The molecule has 3 rings (SSSR count). The molecule has 1 aromatic heterocycles. The number of esters is 1. The number of aromatic nitrogens is 2. The van der Waals surface area contributed by atoms with Crippen molar-refractivity contribution in [1.29, 1.82) is 0 Å². The molecule has 1 aliphatic heterocycles. The number of imide groups is 1. The monoisotopic (exact) mass is 384 g/mol. The van der Waals surface area contributed by atoms with Crippen LogP contribution in [0, 0.1) is 6.92 Å². The SMILES string of the molecule is CCOC(=O)c1c(C)nn(C)c1NC(=O)C(C)N1C(=O)c2ccccc2C1=O. The first-order chi connectivity index (χ1) is 13.3. The maximum atomic E-state index is 12.8. The Kier molecular flexibility index (Phi) is 5.00. The normalized spacial score (nSPS) is 14.1. The zero-order chi connectivity index (χ0) is 20.6. The molecule has 0 bridgehead atoms. The van der Waals surface area contributed by atoms with Crippen LogP contribution in [0.5, 0.6) is 0 Å². The zero-order valence-electron chi connectivity index (χ0n) is 16.0. The van der Waals surface area contributed by atoms with Crippen molar-refractivity contribution in [1.82, 2.24) is 14.7 Å². The highest BCUT2D eigenvalue weighted by Gasteiger charge is 2.41. The van der Waals surface area contributed by atoms with Crippen LogP contribution in [0.2, 0.25) is 0 Å². The molecule has 146 valence electrons. The standard InChI is InChI=1S/C19H20N4O5/c1-5-28-19(27)14-10(2)21-22(4)15(14)20-16(24)11(3)23-17(25)12-8-6-7-9-13(12)18(23)26/h6-9,11H,5H2,1-4H3,(H,20,24). The second-order valence-electron chi connectivity index (χ2n) is 6.34. The molecule has 0 saturated carbocycles. The topological polar surface area (TPSA) is 111 Å². The van der Waals surface area contributed by atoms with Crippen LogP contribution >= 0.6 is 0 Å². The summed E-state index contributed by atoms with van der Waals surface area (Å²) >= 11 is 0. The molecule has 0 spiro atoms. The molecular formula is C19H20N4O5. The molecule has 9 heteroatoms. The van der Waals surface area contributed by atoms with Crippen molar-refractivity contribution in [3.05, 3.63) is 46.6 Å². The molecule has 0 aliphatic carbocycles. The molecule has 2 heterocycles. The van der Waals surface area contributed by atoms with Gasteiger partial charge in [-0.1, -0.05) is 12.1 Å².